The van der Waals surface area contributed by atoms with Gasteiger partial charge in [-0.1, -0.05) is 19.8 Å². The summed E-state index contributed by atoms with van der Waals surface area (Å²) in [6, 6.07) is 4.16. The van der Waals surface area contributed by atoms with Crippen LogP contribution in [0.4, 0.5) is 0 Å². The van der Waals surface area contributed by atoms with Crippen molar-refractivity contribution in [1.82, 2.24) is 14.8 Å². The quantitative estimate of drug-likeness (QED) is 0.833. The Kier molecular flexibility index (Phi) is 5.22. The predicted octanol–water partition coefficient (Wildman–Crippen LogP) is 3.26. The second kappa shape index (κ2) is 7.52. The fraction of sp³-hybridized carbons (Fsp3) is 0.619. The molecule has 1 saturated carbocycles. The highest BCUT2D eigenvalue weighted by Gasteiger charge is 2.48. The molecule has 152 valence electrons. The van der Waals surface area contributed by atoms with Gasteiger partial charge in [0.2, 0.25) is 5.91 Å². The summed E-state index contributed by atoms with van der Waals surface area (Å²) in [7, 11) is 1.62. The van der Waals surface area contributed by atoms with E-state index in [1.165, 1.54) is 6.42 Å². The molecular formula is C21H29N3O3S. The van der Waals surface area contributed by atoms with E-state index in [1.54, 1.807) is 23.3 Å². The highest BCUT2D eigenvalue weighted by atomic mass is 32.1. The van der Waals surface area contributed by atoms with Crippen LogP contribution in [0.15, 0.2) is 17.5 Å². The Morgan fingerprint density at radius 3 is 2.93 bits per heavy atom. The van der Waals surface area contributed by atoms with Crippen LogP contribution in [-0.2, 0) is 16.1 Å². The number of rotatable bonds is 5. The van der Waals surface area contributed by atoms with Gasteiger partial charge in [-0.25, -0.2) is 0 Å². The number of ether oxygens (including phenoxy) is 1. The first-order valence-corrected chi connectivity index (χ1v) is 11.0. The van der Waals surface area contributed by atoms with E-state index < -0.39 is 5.54 Å². The van der Waals surface area contributed by atoms with Crippen LogP contribution in [-0.4, -0.2) is 53.1 Å². The molecule has 1 N–H and O–H groups in total. The molecule has 0 unspecified atom stereocenters. The number of thiophene rings is 1. The first kappa shape index (κ1) is 19.5. The molecular weight excluding hydrogens is 374 g/mol. The van der Waals surface area contributed by atoms with Gasteiger partial charge < -0.3 is 19.5 Å². The molecule has 0 spiro atoms. The standard InChI is InChI=1S/C21H29N3O3S/c1-14-6-4-5-7-15(14)22-20(26)21(2)13-23-16-8-11-28-18(16)12-17(23)19(25)24(21)9-10-27-3/h8,11-12,14-15H,4-7,9-10,13H2,1-3H3,(H,22,26)/t14-,15+,21-/m1/s1. The summed E-state index contributed by atoms with van der Waals surface area (Å²) in [5, 5.41) is 5.31. The Hall–Kier alpha value is -1.86. The average molecular weight is 404 g/mol. The van der Waals surface area contributed by atoms with Crippen LogP contribution in [0.5, 0.6) is 0 Å². The van der Waals surface area contributed by atoms with Crippen LogP contribution in [0, 0.1) is 5.92 Å². The van der Waals surface area contributed by atoms with Gasteiger partial charge in [-0.15, -0.1) is 11.3 Å². The van der Waals surface area contributed by atoms with E-state index in [0.717, 1.165) is 29.5 Å². The van der Waals surface area contributed by atoms with E-state index >= 15 is 0 Å². The van der Waals surface area contributed by atoms with Crippen molar-refractivity contribution in [1.29, 1.82) is 0 Å². The fourth-order valence-corrected chi connectivity index (χ4v) is 5.48. The van der Waals surface area contributed by atoms with Crippen molar-refractivity contribution in [3.8, 4) is 0 Å². The summed E-state index contributed by atoms with van der Waals surface area (Å²) in [6.45, 7) is 5.37. The van der Waals surface area contributed by atoms with E-state index in [2.05, 4.69) is 12.2 Å². The summed E-state index contributed by atoms with van der Waals surface area (Å²) in [6.07, 6.45) is 4.53. The molecule has 2 aromatic heterocycles. The zero-order valence-electron chi connectivity index (χ0n) is 16.9. The topological polar surface area (TPSA) is 63.6 Å². The number of amides is 2. The number of nitrogens with zero attached hydrogens (tertiary/aromatic N) is 2. The molecule has 2 aliphatic rings. The molecule has 3 heterocycles. The number of aromatic nitrogens is 1. The molecule has 2 aromatic rings. The van der Waals surface area contributed by atoms with Gasteiger partial charge in [-0.2, -0.15) is 0 Å². The predicted molar refractivity (Wildman–Crippen MR) is 111 cm³/mol. The lowest BCUT2D eigenvalue weighted by molar-refractivity contribution is -0.134. The third-order valence-electron chi connectivity index (χ3n) is 6.48. The van der Waals surface area contributed by atoms with Gasteiger partial charge in [0, 0.05) is 19.7 Å². The largest absolute Gasteiger partial charge is 0.383 e. The van der Waals surface area contributed by atoms with Crippen LogP contribution < -0.4 is 5.32 Å². The molecule has 1 fully saturated rings. The Bertz CT molecular complexity index is 889. The number of fused-ring (bicyclic) bond motifs is 3. The SMILES string of the molecule is COCCN1C(=O)c2cc3sccc3n2C[C@]1(C)C(=O)N[C@H]1CCCC[C@H]1C. The number of hydrogen-bond donors (Lipinski definition) is 1. The minimum absolute atomic E-state index is 0.0570. The summed E-state index contributed by atoms with van der Waals surface area (Å²) in [4.78, 5) is 28.5. The lowest BCUT2D eigenvalue weighted by Gasteiger charge is -2.45. The van der Waals surface area contributed by atoms with Crippen LogP contribution in [0.2, 0.25) is 0 Å². The maximum atomic E-state index is 13.5. The van der Waals surface area contributed by atoms with Crippen molar-refractivity contribution in [2.45, 2.75) is 57.7 Å². The van der Waals surface area contributed by atoms with Crippen LogP contribution >= 0.6 is 11.3 Å². The van der Waals surface area contributed by atoms with Crippen molar-refractivity contribution in [2.24, 2.45) is 5.92 Å². The number of carbonyl (C=O) groups excluding carboxylic acids is 2. The second-order valence-electron chi connectivity index (χ2n) is 8.35. The molecule has 7 heteroatoms. The van der Waals surface area contributed by atoms with Gasteiger partial charge >= 0.3 is 0 Å². The van der Waals surface area contributed by atoms with Crippen molar-refractivity contribution in [2.75, 3.05) is 20.3 Å². The smallest absolute Gasteiger partial charge is 0.271 e. The summed E-state index contributed by atoms with van der Waals surface area (Å²) in [5.74, 6) is 0.318. The molecule has 0 radical (unpaired) electrons. The van der Waals surface area contributed by atoms with Crippen molar-refractivity contribution in [3.63, 3.8) is 0 Å². The van der Waals surface area contributed by atoms with E-state index in [-0.39, 0.29) is 17.9 Å². The summed E-state index contributed by atoms with van der Waals surface area (Å²) >= 11 is 1.62. The minimum Gasteiger partial charge on any atom is -0.383 e. The second-order valence-corrected chi connectivity index (χ2v) is 9.30. The molecule has 4 rings (SSSR count). The Labute approximate surface area is 169 Å². The van der Waals surface area contributed by atoms with Gasteiger partial charge in [-0.3, -0.25) is 9.59 Å². The number of methoxy groups -OCH3 is 1. The van der Waals surface area contributed by atoms with Gasteiger partial charge in [0.05, 0.1) is 23.4 Å². The molecule has 6 nitrogen and oxygen atoms in total. The van der Waals surface area contributed by atoms with E-state index in [1.807, 2.05) is 29.0 Å². The summed E-state index contributed by atoms with van der Waals surface area (Å²) in [5.41, 5.74) is 0.757. The fourth-order valence-electron chi connectivity index (χ4n) is 4.66. The number of hydrogen-bond acceptors (Lipinski definition) is 4. The molecule has 1 aliphatic heterocycles. The average Bonchev–Trinajstić information content (AvgIpc) is 3.26. The van der Waals surface area contributed by atoms with Crippen molar-refractivity contribution >= 4 is 33.4 Å². The van der Waals surface area contributed by atoms with Gasteiger partial charge in [0.1, 0.15) is 11.2 Å². The number of carbonyl (C=O) groups is 2. The normalized spacial score (nSPS) is 27.8. The lowest BCUT2D eigenvalue weighted by Crippen LogP contribution is -2.65. The van der Waals surface area contributed by atoms with Crippen LogP contribution in [0.1, 0.15) is 50.0 Å². The lowest BCUT2D eigenvalue weighted by atomic mass is 9.85. The van der Waals surface area contributed by atoms with Gasteiger partial charge in [0.25, 0.3) is 5.91 Å². The van der Waals surface area contributed by atoms with Gasteiger partial charge in [0.15, 0.2) is 0 Å². The Balaban J connectivity index is 1.68. The third-order valence-corrected chi connectivity index (χ3v) is 7.34. The molecule has 0 aromatic carbocycles. The first-order chi connectivity index (χ1) is 13.5. The number of nitrogens with one attached hydrogen (secondary N) is 1. The summed E-state index contributed by atoms with van der Waals surface area (Å²) < 4.78 is 8.33. The maximum absolute atomic E-state index is 13.5. The molecule has 0 bridgehead atoms. The van der Waals surface area contributed by atoms with E-state index in [0.29, 0.717) is 31.3 Å². The zero-order valence-corrected chi connectivity index (χ0v) is 17.7. The van der Waals surface area contributed by atoms with E-state index in [9.17, 15) is 9.59 Å². The Morgan fingerprint density at radius 2 is 2.18 bits per heavy atom. The third kappa shape index (κ3) is 3.14. The van der Waals surface area contributed by atoms with Gasteiger partial charge in [-0.05, 0) is 43.2 Å². The zero-order chi connectivity index (χ0) is 19.9. The molecule has 1 aliphatic carbocycles. The minimum atomic E-state index is -0.937. The Morgan fingerprint density at radius 1 is 1.39 bits per heavy atom. The van der Waals surface area contributed by atoms with E-state index in [4.69, 9.17) is 4.74 Å². The molecule has 28 heavy (non-hydrogen) atoms. The van der Waals surface area contributed by atoms with Crippen molar-refractivity contribution in [3.05, 3.63) is 23.2 Å². The molecule has 2 amide bonds. The monoisotopic (exact) mass is 403 g/mol. The highest BCUT2D eigenvalue weighted by Crippen LogP contribution is 2.34. The molecule has 3 atom stereocenters. The van der Waals surface area contributed by atoms with Crippen molar-refractivity contribution < 1.29 is 14.3 Å². The first-order valence-electron chi connectivity index (χ1n) is 10.1. The highest BCUT2D eigenvalue weighted by molar-refractivity contribution is 7.17. The van der Waals surface area contributed by atoms with Crippen LogP contribution in [0.3, 0.4) is 0 Å². The van der Waals surface area contributed by atoms with Crippen LogP contribution in [0.25, 0.3) is 10.2 Å². The maximum Gasteiger partial charge on any atom is 0.271 e. The molecule has 0 saturated heterocycles.